The summed E-state index contributed by atoms with van der Waals surface area (Å²) in [5.74, 6) is 0. The van der Waals surface area contributed by atoms with Crippen molar-refractivity contribution in [3.8, 4) is 0 Å². The fourth-order valence-corrected chi connectivity index (χ4v) is 8.24. The zero-order chi connectivity index (χ0) is 33.8. The summed E-state index contributed by atoms with van der Waals surface area (Å²) in [7, 11) is -0.0604. The van der Waals surface area contributed by atoms with E-state index < -0.39 is 6.16 Å². The third-order valence-electron chi connectivity index (χ3n) is 8.94. The van der Waals surface area contributed by atoms with Crippen LogP contribution in [0.15, 0.2) is 93.5 Å². The van der Waals surface area contributed by atoms with Gasteiger partial charge in [0.25, 0.3) is 0 Å². The normalized spacial score (nSPS) is 11.0. The Morgan fingerprint density at radius 3 is 1.06 bits per heavy atom. The molecule has 3 aromatic carbocycles. The molecule has 0 aliphatic carbocycles. The number of unbranched alkanes of at least 4 members (excludes halogenated alkanes) is 18. The van der Waals surface area contributed by atoms with Crippen molar-refractivity contribution in [3.63, 3.8) is 0 Å². The molecule has 0 spiro atoms. The molecule has 0 unspecified atom stereocenters. The fraction of sp³-hybridized carbons (Fsp3) is 0.558. The molecule has 0 aromatic heterocycles. The quantitative estimate of drug-likeness (QED) is 0.0726. The number of hydrogen-bond acceptors (Lipinski definition) is 2. The molecule has 0 fully saturated rings. The maximum absolute atomic E-state index is 8.44. The Bertz CT molecular complexity index is 1070. The highest BCUT2D eigenvalue weighted by Gasteiger charge is 2.28. The predicted octanol–water partition coefficient (Wildman–Crippen LogP) is 12.6. The van der Waals surface area contributed by atoms with Crippen LogP contribution in [0.25, 0.3) is 0 Å². The molecule has 0 radical (unpaired) electrons. The highest BCUT2D eigenvalue weighted by molar-refractivity contribution is 7.97. The van der Waals surface area contributed by atoms with E-state index in [0.29, 0.717) is 0 Å². The third-order valence-corrected chi connectivity index (χ3v) is 11.2. The molecule has 260 valence electrons. The highest BCUT2D eigenvalue weighted by Crippen LogP contribution is 2.32. The summed E-state index contributed by atoms with van der Waals surface area (Å²) in [6, 6.07) is 30.3. The lowest BCUT2D eigenvalue weighted by molar-refractivity contribution is -0.275. The monoisotopic (exact) mass is 660 g/mol. The molecule has 0 saturated heterocycles. The molecular formula is C43H64O3S. The van der Waals surface area contributed by atoms with Gasteiger partial charge in [-0.15, -0.1) is 0 Å². The molecule has 47 heavy (non-hydrogen) atoms. The van der Waals surface area contributed by atoms with Gasteiger partial charge in [0, 0.05) is 0 Å². The van der Waals surface area contributed by atoms with Crippen LogP contribution >= 0.6 is 0 Å². The molecular weight excluding hydrogens is 597 g/mol. The summed E-state index contributed by atoms with van der Waals surface area (Å²) in [6.07, 6.45) is 28.4. The molecule has 3 aromatic rings. The summed E-state index contributed by atoms with van der Waals surface area (Å²) >= 11 is 0. The number of hydrogen-bond donors (Lipinski definition) is 1. The number of rotatable bonds is 25. The van der Waals surface area contributed by atoms with Crippen molar-refractivity contribution in [3.05, 3.63) is 90.0 Å². The topological polar surface area (TPSA) is 60.4 Å². The minimum Gasteiger partial charge on any atom is -0.565 e. The number of aryl methyl sites for hydroxylation is 2. The molecule has 0 saturated carbocycles. The summed E-state index contributed by atoms with van der Waals surface area (Å²) in [6.45, 7) is 4.60. The lowest BCUT2D eigenvalue weighted by Gasteiger charge is -2.10. The minimum absolute atomic E-state index is 0.0604. The average Bonchev–Trinajstić information content (AvgIpc) is 3.08. The average molecular weight is 661 g/mol. The van der Waals surface area contributed by atoms with Crippen molar-refractivity contribution in [2.45, 2.75) is 170 Å². The van der Waals surface area contributed by atoms with Gasteiger partial charge < -0.3 is 15.0 Å². The molecule has 0 aliphatic heterocycles. The van der Waals surface area contributed by atoms with Gasteiger partial charge in [-0.3, -0.25) is 0 Å². The van der Waals surface area contributed by atoms with Gasteiger partial charge in [-0.05, 0) is 73.2 Å². The minimum atomic E-state index is -2.08. The van der Waals surface area contributed by atoms with E-state index in [2.05, 4.69) is 92.7 Å². The van der Waals surface area contributed by atoms with E-state index in [1.54, 1.807) is 0 Å². The summed E-state index contributed by atoms with van der Waals surface area (Å²) in [5.41, 5.74) is 2.98. The molecule has 3 nitrogen and oxygen atoms in total. The Kier molecular flexibility index (Phi) is 23.5. The van der Waals surface area contributed by atoms with Crippen LogP contribution in [-0.2, 0) is 23.7 Å². The second-order valence-corrected chi connectivity index (χ2v) is 15.1. The highest BCUT2D eigenvalue weighted by atomic mass is 32.2. The SMILES string of the molecule is CCCCCCCCCCCCc1ccc([S+](c2ccccc2)c2ccc(CCCCCCCCCCCC)cc2)cc1.O=C([O-])O. The van der Waals surface area contributed by atoms with Crippen LogP contribution in [0.2, 0.25) is 0 Å². The molecule has 0 bridgehead atoms. The van der Waals surface area contributed by atoms with Gasteiger partial charge >= 0.3 is 0 Å². The van der Waals surface area contributed by atoms with E-state index >= 15 is 0 Å². The van der Waals surface area contributed by atoms with E-state index in [9.17, 15) is 0 Å². The molecule has 0 heterocycles. The standard InChI is InChI=1S/C42H63S.CH2O3/c1-3-5-7-9-11-13-15-17-19-22-26-38-30-34-41(35-31-38)43(40-28-24-21-25-29-40)42-36-32-39(33-37-42)27-23-20-18-16-14-12-10-8-6-4-2;2-1(3)4/h21,24-25,28-37H,3-20,22-23,26-27H2,1-2H3;(H2,2,3,4)/q+1;/p-1. The van der Waals surface area contributed by atoms with Gasteiger partial charge in [-0.1, -0.05) is 172 Å². The first-order chi connectivity index (χ1) is 23.0. The van der Waals surface area contributed by atoms with Crippen molar-refractivity contribution >= 4 is 17.1 Å². The van der Waals surface area contributed by atoms with Gasteiger partial charge in [0.1, 0.15) is 0 Å². The van der Waals surface area contributed by atoms with E-state index in [1.807, 2.05) is 0 Å². The van der Waals surface area contributed by atoms with E-state index in [4.69, 9.17) is 15.0 Å². The van der Waals surface area contributed by atoms with Gasteiger partial charge in [0.05, 0.1) is 10.9 Å². The van der Waals surface area contributed by atoms with E-state index in [-0.39, 0.29) is 10.9 Å². The maximum atomic E-state index is 8.44. The largest absolute Gasteiger partial charge is 0.565 e. The van der Waals surface area contributed by atoms with Crippen LogP contribution in [0, 0.1) is 0 Å². The van der Waals surface area contributed by atoms with E-state index in [1.165, 1.54) is 167 Å². The van der Waals surface area contributed by atoms with Crippen LogP contribution in [0.4, 0.5) is 4.79 Å². The Morgan fingerprint density at radius 2 is 0.745 bits per heavy atom. The lowest BCUT2D eigenvalue weighted by Crippen LogP contribution is -2.17. The fourth-order valence-electron chi connectivity index (χ4n) is 6.18. The second-order valence-electron chi connectivity index (χ2n) is 13.0. The molecule has 0 aliphatic rings. The van der Waals surface area contributed by atoms with Crippen LogP contribution in [0.5, 0.6) is 0 Å². The Labute approximate surface area is 291 Å². The predicted molar refractivity (Wildman–Crippen MR) is 201 cm³/mol. The zero-order valence-corrected chi connectivity index (χ0v) is 30.6. The van der Waals surface area contributed by atoms with Crippen molar-refractivity contribution in [1.82, 2.24) is 0 Å². The number of benzene rings is 3. The first kappa shape index (κ1) is 40.5. The molecule has 4 heteroatoms. The molecule has 3 rings (SSSR count). The van der Waals surface area contributed by atoms with Gasteiger partial charge in [-0.25, -0.2) is 0 Å². The van der Waals surface area contributed by atoms with Crippen molar-refractivity contribution in [2.24, 2.45) is 0 Å². The van der Waals surface area contributed by atoms with Crippen LogP contribution < -0.4 is 5.11 Å². The summed E-state index contributed by atoms with van der Waals surface area (Å²) in [5, 5.41) is 15.3. The van der Waals surface area contributed by atoms with Crippen LogP contribution in [-0.4, -0.2) is 11.3 Å². The molecule has 0 amide bonds. The number of carboxylic acid groups (broad SMARTS) is 2. The maximum Gasteiger partial charge on any atom is 0.249 e. The first-order valence-electron chi connectivity index (χ1n) is 18.9. The van der Waals surface area contributed by atoms with Crippen LogP contribution in [0.1, 0.15) is 153 Å². The molecule has 1 N–H and O–H groups in total. The number of carbonyl (C=O) groups is 1. The third kappa shape index (κ3) is 19.6. The van der Waals surface area contributed by atoms with Crippen molar-refractivity contribution in [1.29, 1.82) is 0 Å². The van der Waals surface area contributed by atoms with Crippen molar-refractivity contribution in [2.75, 3.05) is 0 Å². The summed E-state index contributed by atoms with van der Waals surface area (Å²) < 4.78 is 0. The Morgan fingerprint density at radius 1 is 0.468 bits per heavy atom. The van der Waals surface area contributed by atoms with Crippen LogP contribution in [0.3, 0.4) is 0 Å². The van der Waals surface area contributed by atoms with E-state index in [0.717, 1.165) is 0 Å². The van der Waals surface area contributed by atoms with Gasteiger partial charge in [0.2, 0.25) is 6.16 Å². The zero-order valence-electron chi connectivity index (χ0n) is 29.7. The first-order valence-corrected chi connectivity index (χ1v) is 20.1. The van der Waals surface area contributed by atoms with Gasteiger partial charge in [-0.2, -0.15) is 0 Å². The van der Waals surface area contributed by atoms with Crippen molar-refractivity contribution < 1.29 is 15.0 Å². The smallest absolute Gasteiger partial charge is 0.249 e. The summed E-state index contributed by atoms with van der Waals surface area (Å²) in [4.78, 5) is 12.7. The van der Waals surface area contributed by atoms with Gasteiger partial charge in [0.15, 0.2) is 14.7 Å². The lowest BCUT2D eigenvalue weighted by atomic mass is 10.0. The second kappa shape index (κ2) is 27.3. The Balaban J connectivity index is 0.00000181. The Hall–Kier alpha value is -2.72. The molecule has 0 atom stereocenters.